The third-order valence-corrected chi connectivity index (χ3v) is 13.2. The Morgan fingerprint density at radius 1 is 0.717 bits per heavy atom. The zero-order valence-corrected chi connectivity index (χ0v) is 33.1. The molecule has 4 aliphatic rings. The number of carbonyl (C=O) groups excluding carboxylic acids is 4. The number of rotatable bonds is 8. The van der Waals surface area contributed by atoms with Gasteiger partial charge in [0, 0.05) is 11.5 Å². The van der Waals surface area contributed by atoms with Gasteiger partial charge in [0.1, 0.15) is 17.2 Å². The molecule has 8 rings (SSSR count). The van der Waals surface area contributed by atoms with Gasteiger partial charge >= 0.3 is 0 Å². The average Bonchev–Trinajstić information content (AvgIpc) is 3.59. The SMILES string of the molecule is COc1ccc(OC)c(C=Cc2ccc(N3C(=O)C4CC=C5C(CC6(Cl)C(=O)N(c7c(F)c(F)c(F)c(F)c7F)C(=O)C6(Cl)C5c5ccc(O)c(OC)c5)C4C3=O)cc2)c1. The van der Waals surface area contributed by atoms with Gasteiger partial charge in [0.25, 0.3) is 11.8 Å². The number of aromatic hydroxyl groups is 1. The molecule has 60 heavy (non-hydrogen) atoms. The number of nitrogens with zero attached hydrogens (tertiary/aromatic N) is 2. The number of hydrogen-bond donors (Lipinski definition) is 1. The molecule has 2 saturated heterocycles. The minimum Gasteiger partial charge on any atom is -0.504 e. The lowest BCUT2D eigenvalue weighted by molar-refractivity contribution is -0.125. The van der Waals surface area contributed by atoms with Crippen LogP contribution in [-0.4, -0.2) is 59.8 Å². The van der Waals surface area contributed by atoms with Gasteiger partial charge in [-0.1, -0.05) is 42.0 Å². The van der Waals surface area contributed by atoms with Crippen molar-refractivity contribution in [1.29, 1.82) is 0 Å². The molecule has 310 valence electrons. The Morgan fingerprint density at radius 2 is 1.37 bits per heavy atom. The highest BCUT2D eigenvalue weighted by atomic mass is 35.5. The van der Waals surface area contributed by atoms with Crippen LogP contribution in [0.5, 0.6) is 23.0 Å². The quantitative estimate of drug-likeness (QED) is 0.0359. The van der Waals surface area contributed by atoms with Crippen LogP contribution in [-0.2, 0) is 19.2 Å². The fourth-order valence-electron chi connectivity index (χ4n) is 8.96. The smallest absolute Gasteiger partial charge is 0.258 e. The molecule has 4 aromatic carbocycles. The normalized spacial score (nSPS) is 26.0. The molecule has 0 bridgehead atoms. The first-order valence-corrected chi connectivity index (χ1v) is 19.0. The first kappa shape index (κ1) is 40.8. The number of anilines is 2. The third kappa shape index (κ3) is 5.72. The highest BCUT2D eigenvalue weighted by molar-refractivity contribution is 6.58. The van der Waals surface area contributed by atoms with Crippen molar-refractivity contribution in [2.24, 2.45) is 17.8 Å². The van der Waals surface area contributed by atoms with Crippen LogP contribution in [0.3, 0.4) is 0 Å². The lowest BCUT2D eigenvalue weighted by atomic mass is 9.56. The Balaban J connectivity index is 1.20. The molecule has 1 N–H and O–H groups in total. The summed E-state index contributed by atoms with van der Waals surface area (Å²) in [4.78, 5) is 53.0. The van der Waals surface area contributed by atoms with Gasteiger partial charge in [-0.3, -0.25) is 24.1 Å². The van der Waals surface area contributed by atoms with Gasteiger partial charge in [-0.2, -0.15) is 0 Å². The maximum atomic E-state index is 15.4. The van der Waals surface area contributed by atoms with Crippen molar-refractivity contribution in [3.8, 4) is 23.0 Å². The van der Waals surface area contributed by atoms with Gasteiger partial charge in [-0.05, 0) is 72.4 Å². The molecule has 0 radical (unpaired) electrons. The topological polar surface area (TPSA) is 123 Å². The average molecular weight is 870 g/mol. The van der Waals surface area contributed by atoms with Gasteiger partial charge in [-0.15, -0.1) is 23.2 Å². The van der Waals surface area contributed by atoms with Gasteiger partial charge in [0.15, 0.2) is 44.5 Å². The number of alkyl halides is 2. The minimum absolute atomic E-state index is 0.0573. The molecule has 6 unspecified atom stereocenters. The van der Waals surface area contributed by atoms with E-state index in [1.807, 2.05) is 0 Å². The Morgan fingerprint density at radius 3 is 2.00 bits per heavy atom. The van der Waals surface area contributed by atoms with E-state index in [0.29, 0.717) is 17.1 Å². The number of allylic oxidation sites excluding steroid dienone is 2. The standard InChI is InChI=1S/C43H31Cl2F5N2O8/c1-58-23-11-15-28(59-2)20(16-23)7-4-19-5-9-22(10-6-19)51-38(54)25-13-12-24-26(30(25)39(51)55)18-42(44)40(56)52(37-35(49)33(47)32(46)34(48)36(37)50)41(57)43(42,45)31(24)21-8-14-27(53)29(17-21)60-3/h4-12,14-17,25-26,30-31,53H,13,18H2,1-3H3. The number of amides is 4. The number of benzene rings is 4. The Bertz CT molecular complexity index is 2580. The second-order valence-corrected chi connectivity index (χ2v) is 15.9. The third-order valence-electron chi connectivity index (χ3n) is 11.8. The summed E-state index contributed by atoms with van der Waals surface area (Å²) < 4.78 is 90.0. The number of fused-ring (bicyclic) bond motifs is 4. The van der Waals surface area contributed by atoms with E-state index in [1.165, 1.54) is 39.5 Å². The Hall–Kier alpha value is -5.93. The van der Waals surface area contributed by atoms with Crippen LogP contribution in [0.2, 0.25) is 0 Å². The van der Waals surface area contributed by atoms with E-state index < -0.39 is 98.2 Å². The highest BCUT2D eigenvalue weighted by Crippen LogP contribution is 2.66. The summed E-state index contributed by atoms with van der Waals surface area (Å²) in [6.45, 7) is 0. The molecule has 4 amide bonds. The van der Waals surface area contributed by atoms with Gasteiger partial charge < -0.3 is 19.3 Å². The molecule has 6 atom stereocenters. The second-order valence-electron chi connectivity index (χ2n) is 14.7. The maximum Gasteiger partial charge on any atom is 0.258 e. The van der Waals surface area contributed by atoms with E-state index in [4.69, 9.17) is 37.4 Å². The summed E-state index contributed by atoms with van der Waals surface area (Å²) in [5, 5.41) is 10.4. The number of phenolic OH excluding ortho intramolecular Hbond substituents is 1. The van der Waals surface area contributed by atoms with Crippen molar-refractivity contribution in [2.75, 3.05) is 31.1 Å². The van der Waals surface area contributed by atoms with Crippen molar-refractivity contribution in [2.45, 2.75) is 28.5 Å². The minimum atomic E-state index is -2.73. The summed E-state index contributed by atoms with van der Waals surface area (Å²) in [5.41, 5.74) is 0.0893. The number of carbonyl (C=O) groups is 4. The van der Waals surface area contributed by atoms with Crippen molar-refractivity contribution < 1.29 is 60.4 Å². The van der Waals surface area contributed by atoms with Gasteiger partial charge in [0.2, 0.25) is 17.6 Å². The molecule has 10 nitrogen and oxygen atoms in total. The predicted molar refractivity (Wildman–Crippen MR) is 208 cm³/mol. The van der Waals surface area contributed by atoms with Crippen LogP contribution >= 0.6 is 23.2 Å². The summed E-state index contributed by atoms with van der Waals surface area (Å²) in [6, 6.07) is 15.6. The predicted octanol–water partition coefficient (Wildman–Crippen LogP) is 8.05. The van der Waals surface area contributed by atoms with Crippen molar-refractivity contribution in [3.05, 3.63) is 118 Å². The molecule has 17 heteroatoms. The fraction of sp³-hybridized carbons (Fsp3) is 0.256. The van der Waals surface area contributed by atoms with Crippen molar-refractivity contribution in [3.63, 3.8) is 0 Å². The van der Waals surface area contributed by atoms with Crippen LogP contribution < -0.4 is 24.0 Å². The highest BCUT2D eigenvalue weighted by Gasteiger charge is 2.77. The van der Waals surface area contributed by atoms with E-state index in [1.54, 1.807) is 60.7 Å². The van der Waals surface area contributed by atoms with E-state index in [2.05, 4.69) is 0 Å². The molecular weight excluding hydrogens is 838 g/mol. The first-order chi connectivity index (χ1) is 28.5. The summed E-state index contributed by atoms with van der Waals surface area (Å²) in [7, 11) is 4.30. The molecule has 3 fully saturated rings. The fourth-order valence-corrected chi connectivity index (χ4v) is 9.89. The molecular formula is C43H31Cl2F5N2O8. The van der Waals surface area contributed by atoms with E-state index in [9.17, 15) is 37.5 Å². The number of imide groups is 2. The summed E-state index contributed by atoms with van der Waals surface area (Å²) in [5.74, 6) is -21.0. The molecule has 0 spiro atoms. The van der Waals surface area contributed by atoms with Crippen LogP contribution in [0.1, 0.15) is 35.4 Å². The number of methoxy groups -OCH3 is 3. The Labute approximate surface area is 348 Å². The zero-order chi connectivity index (χ0) is 43.2. The van der Waals surface area contributed by atoms with E-state index in [-0.39, 0.29) is 39.6 Å². The molecule has 2 heterocycles. The van der Waals surface area contributed by atoms with E-state index in [0.717, 1.165) is 10.5 Å². The van der Waals surface area contributed by atoms with Crippen LogP contribution in [0, 0.1) is 46.8 Å². The Kier molecular flexibility index (Phi) is 9.98. The summed E-state index contributed by atoms with van der Waals surface area (Å²) >= 11 is 14.4. The second kappa shape index (κ2) is 14.7. The van der Waals surface area contributed by atoms with Gasteiger partial charge in [-0.25, -0.2) is 26.9 Å². The number of phenols is 1. The molecule has 2 aliphatic heterocycles. The molecule has 4 aromatic rings. The zero-order valence-electron chi connectivity index (χ0n) is 31.6. The first-order valence-electron chi connectivity index (χ1n) is 18.3. The van der Waals surface area contributed by atoms with Crippen molar-refractivity contribution in [1.82, 2.24) is 0 Å². The van der Waals surface area contributed by atoms with E-state index >= 15 is 8.78 Å². The van der Waals surface area contributed by atoms with Crippen LogP contribution in [0.15, 0.2) is 72.3 Å². The summed E-state index contributed by atoms with van der Waals surface area (Å²) in [6.07, 6.45) is 4.44. The maximum absolute atomic E-state index is 15.4. The lowest BCUT2D eigenvalue weighted by Crippen LogP contribution is -2.60. The van der Waals surface area contributed by atoms with Gasteiger partial charge in [0.05, 0.1) is 38.9 Å². The molecule has 0 aromatic heterocycles. The van der Waals surface area contributed by atoms with Crippen LogP contribution in [0.25, 0.3) is 12.2 Å². The molecule has 2 aliphatic carbocycles. The largest absolute Gasteiger partial charge is 0.504 e. The number of halogens is 7. The number of hydrogen-bond acceptors (Lipinski definition) is 8. The number of ether oxygens (including phenoxy) is 3. The van der Waals surface area contributed by atoms with Crippen LogP contribution in [0.4, 0.5) is 33.3 Å². The monoisotopic (exact) mass is 868 g/mol. The lowest BCUT2D eigenvalue weighted by Gasteiger charge is -2.50. The molecule has 1 saturated carbocycles. The van der Waals surface area contributed by atoms with Crippen molar-refractivity contribution >= 4 is 70.4 Å².